The van der Waals surface area contributed by atoms with E-state index in [9.17, 15) is 14.4 Å². The van der Waals surface area contributed by atoms with Crippen LogP contribution >= 0.6 is 23.4 Å². The van der Waals surface area contributed by atoms with Gasteiger partial charge in [-0.05, 0) is 12.1 Å². The molecule has 0 N–H and O–H groups in total. The lowest BCUT2D eigenvalue weighted by molar-refractivity contribution is -0.117. The van der Waals surface area contributed by atoms with Crippen molar-refractivity contribution >= 4 is 46.0 Å². The van der Waals surface area contributed by atoms with Crippen molar-refractivity contribution < 1.29 is 19.1 Å². The molecular formula is C14H14ClNO4S. The van der Waals surface area contributed by atoms with Gasteiger partial charge in [-0.2, -0.15) is 0 Å². The van der Waals surface area contributed by atoms with E-state index in [0.717, 1.165) is 11.8 Å². The third-order valence-corrected chi connectivity index (χ3v) is 4.37. The van der Waals surface area contributed by atoms with Crippen molar-refractivity contribution in [2.24, 2.45) is 0 Å². The minimum absolute atomic E-state index is 0.0398. The number of halogens is 1. The Kier molecular flexibility index (Phi) is 4.90. The van der Waals surface area contributed by atoms with Crippen LogP contribution in [0.5, 0.6) is 0 Å². The largest absolute Gasteiger partial charge is 0.465 e. The van der Waals surface area contributed by atoms with E-state index < -0.39 is 5.97 Å². The van der Waals surface area contributed by atoms with Gasteiger partial charge in [-0.15, -0.1) is 0 Å². The van der Waals surface area contributed by atoms with E-state index in [1.54, 1.807) is 18.2 Å². The van der Waals surface area contributed by atoms with Crippen LogP contribution in [-0.2, 0) is 14.3 Å². The number of carbonyl (C=O) groups excluding carboxylic acids is 3. The molecule has 1 unspecified atom stereocenters. The fourth-order valence-electron chi connectivity index (χ4n) is 2.27. The summed E-state index contributed by atoms with van der Waals surface area (Å²) in [6.07, 6.45) is 0.246. The summed E-state index contributed by atoms with van der Waals surface area (Å²) in [6.45, 7) is 1.81. The number of methoxy groups -OCH3 is 1. The summed E-state index contributed by atoms with van der Waals surface area (Å²) in [5.74, 6) is -0.713. The van der Waals surface area contributed by atoms with Gasteiger partial charge in [0.2, 0.25) is 5.91 Å². The second-order valence-corrected chi connectivity index (χ2v) is 6.45. The van der Waals surface area contributed by atoms with Crippen LogP contribution in [-0.4, -0.2) is 35.9 Å². The van der Waals surface area contributed by atoms with Crippen LogP contribution in [0.2, 0.25) is 5.02 Å². The van der Waals surface area contributed by atoms with Gasteiger partial charge in [0.15, 0.2) is 5.12 Å². The first-order valence-corrected chi connectivity index (χ1v) is 7.54. The lowest BCUT2D eigenvalue weighted by atomic mass is 10.1. The first-order chi connectivity index (χ1) is 9.93. The molecule has 0 spiro atoms. The van der Waals surface area contributed by atoms with Gasteiger partial charge in [0, 0.05) is 25.1 Å². The fraction of sp³-hybridized carbons (Fsp3) is 0.357. The van der Waals surface area contributed by atoms with E-state index in [4.69, 9.17) is 16.3 Å². The molecule has 1 aliphatic rings. The van der Waals surface area contributed by atoms with Crippen molar-refractivity contribution in [2.75, 3.05) is 18.6 Å². The number of hydrogen-bond acceptors (Lipinski definition) is 5. The molecular weight excluding hydrogens is 314 g/mol. The van der Waals surface area contributed by atoms with E-state index in [1.807, 2.05) is 0 Å². The summed E-state index contributed by atoms with van der Waals surface area (Å²) < 4.78 is 4.72. The molecule has 0 radical (unpaired) electrons. The number of benzene rings is 1. The van der Waals surface area contributed by atoms with E-state index in [-0.39, 0.29) is 28.3 Å². The normalized spacial score (nSPS) is 18.0. The number of ether oxygens (including phenoxy) is 1. The number of thioether (sulfide) groups is 1. The number of hydrogen-bond donors (Lipinski definition) is 0. The van der Waals surface area contributed by atoms with Crippen molar-refractivity contribution in [2.45, 2.75) is 18.6 Å². The number of carbonyl (C=O) groups is 3. The van der Waals surface area contributed by atoms with E-state index in [1.165, 1.54) is 18.9 Å². The lowest BCUT2D eigenvalue weighted by Gasteiger charge is -2.20. The average molecular weight is 328 g/mol. The maximum atomic E-state index is 12.2. The van der Waals surface area contributed by atoms with Crippen LogP contribution in [0.1, 0.15) is 23.7 Å². The number of rotatable bonds is 3. The van der Waals surface area contributed by atoms with E-state index >= 15 is 0 Å². The maximum absolute atomic E-state index is 12.2. The highest BCUT2D eigenvalue weighted by atomic mass is 35.5. The van der Waals surface area contributed by atoms with Crippen LogP contribution in [0, 0.1) is 0 Å². The average Bonchev–Trinajstić information content (AvgIpc) is 2.77. The minimum atomic E-state index is -0.553. The van der Waals surface area contributed by atoms with Crippen LogP contribution < -0.4 is 4.90 Å². The molecule has 0 bridgehead atoms. The molecule has 0 saturated carbocycles. The third kappa shape index (κ3) is 3.39. The highest BCUT2D eigenvalue weighted by Crippen LogP contribution is 2.36. The maximum Gasteiger partial charge on any atom is 0.340 e. The van der Waals surface area contributed by atoms with Crippen molar-refractivity contribution in [3.63, 3.8) is 0 Å². The van der Waals surface area contributed by atoms with Gasteiger partial charge in [-0.1, -0.05) is 29.4 Å². The standard InChI is InChI=1S/C14H14ClNO4S/c1-8(17)21-9-6-12(18)16(7-9)13-10(14(19)20-2)4-3-5-11(13)15/h3-5,9H,6-7H2,1-2H3. The Morgan fingerprint density at radius 2 is 2.14 bits per heavy atom. The zero-order chi connectivity index (χ0) is 15.6. The van der Waals surface area contributed by atoms with E-state index in [0.29, 0.717) is 17.3 Å². The molecule has 1 aromatic rings. The Morgan fingerprint density at radius 1 is 1.43 bits per heavy atom. The first-order valence-electron chi connectivity index (χ1n) is 6.28. The third-order valence-electron chi connectivity index (χ3n) is 3.08. The van der Waals surface area contributed by atoms with Gasteiger partial charge in [0.1, 0.15) is 0 Å². The topological polar surface area (TPSA) is 63.7 Å². The Balaban J connectivity index is 2.36. The van der Waals surface area contributed by atoms with Crippen LogP contribution in [0.4, 0.5) is 5.69 Å². The van der Waals surface area contributed by atoms with Crippen LogP contribution in [0.15, 0.2) is 18.2 Å². The van der Waals surface area contributed by atoms with Crippen molar-refractivity contribution in [1.29, 1.82) is 0 Å². The molecule has 21 heavy (non-hydrogen) atoms. The predicted octanol–water partition coefficient (Wildman–Crippen LogP) is 2.51. The highest BCUT2D eigenvalue weighted by Gasteiger charge is 2.35. The van der Waals surface area contributed by atoms with Crippen LogP contribution in [0.25, 0.3) is 0 Å². The lowest BCUT2D eigenvalue weighted by Crippen LogP contribution is -2.27. The smallest absolute Gasteiger partial charge is 0.340 e. The molecule has 0 aliphatic carbocycles. The molecule has 112 valence electrons. The Hall–Kier alpha value is -1.53. The molecule has 5 nitrogen and oxygen atoms in total. The summed E-state index contributed by atoms with van der Waals surface area (Å²) >= 11 is 7.28. The van der Waals surface area contributed by atoms with Crippen molar-refractivity contribution in [3.8, 4) is 0 Å². The van der Waals surface area contributed by atoms with Crippen LogP contribution in [0.3, 0.4) is 0 Å². The summed E-state index contributed by atoms with van der Waals surface area (Å²) in [5, 5.41) is 0.137. The summed E-state index contributed by atoms with van der Waals surface area (Å²) in [7, 11) is 1.27. The molecule has 1 aromatic carbocycles. The predicted molar refractivity (Wildman–Crippen MR) is 81.8 cm³/mol. The molecule has 1 saturated heterocycles. The molecule has 7 heteroatoms. The molecule has 1 amide bonds. The summed E-state index contributed by atoms with van der Waals surface area (Å²) in [4.78, 5) is 36.6. The molecule has 1 heterocycles. The van der Waals surface area contributed by atoms with Gasteiger partial charge in [-0.25, -0.2) is 4.79 Å². The number of anilines is 1. The molecule has 1 aliphatic heterocycles. The number of esters is 1. The minimum Gasteiger partial charge on any atom is -0.465 e. The quantitative estimate of drug-likeness (QED) is 0.798. The summed E-state index contributed by atoms with van der Waals surface area (Å²) in [5.41, 5.74) is 0.592. The Labute approximate surface area is 131 Å². The monoisotopic (exact) mass is 327 g/mol. The zero-order valence-electron chi connectivity index (χ0n) is 11.6. The Bertz CT molecular complexity index is 605. The van der Waals surface area contributed by atoms with Gasteiger partial charge in [-0.3, -0.25) is 9.59 Å². The number of amides is 1. The van der Waals surface area contributed by atoms with E-state index in [2.05, 4.69) is 0 Å². The van der Waals surface area contributed by atoms with Gasteiger partial charge in [0.05, 0.1) is 23.4 Å². The van der Waals surface area contributed by atoms with Crippen molar-refractivity contribution in [1.82, 2.24) is 0 Å². The Morgan fingerprint density at radius 3 is 2.76 bits per heavy atom. The highest BCUT2D eigenvalue weighted by molar-refractivity contribution is 8.14. The second-order valence-electron chi connectivity index (χ2n) is 4.57. The fourth-order valence-corrected chi connectivity index (χ4v) is 3.46. The van der Waals surface area contributed by atoms with Crippen molar-refractivity contribution in [3.05, 3.63) is 28.8 Å². The number of nitrogens with zero attached hydrogens (tertiary/aromatic N) is 1. The summed E-state index contributed by atoms with van der Waals surface area (Å²) in [6, 6.07) is 4.80. The van der Waals surface area contributed by atoms with Gasteiger partial charge >= 0.3 is 5.97 Å². The molecule has 2 rings (SSSR count). The van der Waals surface area contributed by atoms with Gasteiger partial charge < -0.3 is 9.64 Å². The molecule has 0 aromatic heterocycles. The SMILES string of the molecule is COC(=O)c1cccc(Cl)c1N1CC(SC(C)=O)CC1=O. The second kappa shape index (κ2) is 6.49. The number of para-hydroxylation sites is 1. The first kappa shape index (κ1) is 15.9. The molecule has 1 atom stereocenters. The zero-order valence-corrected chi connectivity index (χ0v) is 13.2. The van der Waals surface area contributed by atoms with Gasteiger partial charge in [0.25, 0.3) is 0 Å². The molecule has 1 fully saturated rings.